The van der Waals surface area contributed by atoms with Crippen LogP contribution in [0.2, 0.25) is 0 Å². The lowest BCUT2D eigenvalue weighted by molar-refractivity contribution is 0.0602. The minimum absolute atomic E-state index is 0.219. The van der Waals surface area contributed by atoms with Gasteiger partial charge in [-0.15, -0.1) is 0 Å². The number of fused-ring (bicyclic) bond motifs is 1. The van der Waals surface area contributed by atoms with E-state index in [1.165, 1.54) is 7.11 Å². The first-order valence-electron chi connectivity index (χ1n) is 9.21. The predicted octanol–water partition coefficient (Wildman–Crippen LogP) is 4.41. The van der Waals surface area contributed by atoms with E-state index in [0.717, 1.165) is 22.3 Å². The van der Waals surface area contributed by atoms with E-state index in [4.69, 9.17) is 4.74 Å². The van der Waals surface area contributed by atoms with Crippen LogP contribution >= 0.6 is 0 Å². The number of nitrogens with one attached hydrogen (secondary N) is 2. The summed E-state index contributed by atoms with van der Waals surface area (Å²) in [5.74, 6) is -0.952. The Morgan fingerprint density at radius 2 is 1.67 bits per heavy atom. The van der Waals surface area contributed by atoms with E-state index in [1.54, 1.807) is 48.8 Å². The van der Waals surface area contributed by atoms with Crippen molar-refractivity contribution in [1.82, 2.24) is 9.97 Å². The van der Waals surface area contributed by atoms with Crippen molar-refractivity contribution in [3.05, 3.63) is 90.4 Å². The normalized spacial score (nSPS) is 10.4. The summed E-state index contributed by atoms with van der Waals surface area (Å²) in [7, 11) is 1.29. The Balaban J connectivity index is 1.51. The third kappa shape index (κ3) is 3.95. The van der Waals surface area contributed by atoms with Crippen LogP contribution in [0.4, 0.5) is 17.1 Å². The van der Waals surface area contributed by atoms with Crippen LogP contribution in [-0.2, 0) is 4.74 Å². The molecule has 0 bridgehead atoms. The molecule has 2 aromatic carbocycles. The van der Waals surface area contributed by atoms with Gasteiger partial charge in [0.1, 0.15) is 5.69 Å². The van der Waals surface area contributed by atoms with Crippen LogP contribution in [0, 0.1) is 0 Å². The minimum atomic E-state index is -0.526. The van der Waals surface area contributed by atoms with E-state index in [0.29, 0.717) is 5.69 Å². The Morgan fingerprint density at radius 1 is 0.867 bits per heavy atom. The fourth-order valence-corrected chi connectivity index (χ4v) is 3.03. The molecule has 4 aromatic rings. The summed E-state index contributed by atoms with van der Waals surface area (Å²) in [5.41, 5.74) is 3.27. The molecule has 0 spiro atoms. The van der Waals surface area contributed by atoms with E-state index < -0.39 is 11.9 Å². The Bertz CT molecular complexity index is 1220. The number of pyridine rings is 2. The molecule has 0 fully saturated rings. The maximum Gasteiger partial charge on any atom is 0.339 e. The van der Waals surface area contributed by atoms with Crippen LogP contribution in [0.1, 0.15) is 20.8 Å². The van der Waals surface area contributed by atoms with Crippen molar-refractivity contribution >= 4 is 39.8 Å². The highest BCUT2D eigenvalue weighted by Gasteiger charge is 2.15. The molecule has 0 atom stereocenters. The fourth-order valence-electron chi connectivity index (χ4n) is 3.03. The molecule has 1 amide bonds. The quantitative estimate of drug-likeness (QED) is 0.484. The van der Waals surface area contributed by atoms with Gasteiger partial charge in [0.25, 0.3) is 5.91 Å². The predicted molar refractivity (Wildman–Crippen MR) is 115 cm³/mol. The van der Waals surface area contributed by atoms with Crippen LogP contribution in [0.15, 0.2) is 79.1 Å². The third-order valence-corrected chi connectivity index (χ3v) is 4.49. The smallest absolute Gasteiger partial charge is 0.339 e. The number of anilines is 3. The summed E-state index contributed by atoms with van der Waals surface area (Å²) in [6, 6.07) is 19.8. The average molecular weight is 398 g/mol. The molecule has 0 aliphatic heterocycles. The molecule has 0 radical (unpaired) electrons. The van der Waals surface area contributed by atoms with E-state index in [2.05, 4.69) is 20.6 Å². The molecule has 2 N–H and O–H groups in total. The Morgan fingerprint density at radius 3 is 2.47 bits per heavy atom. The molecular weight excluding hydrogens is 380 g/mol. The zero-order valence-electron chi connectivity index (χ0n) is 16.1. The van der Waals surface area contributed by atoms with Gasteiger partial charge in [0.2, 0.25) is 0 Å². The zero-order valence-corrected chi connectivity index (χ0v) is 16.1. The summed E-state index contributed by atoms with van der Waals surface area (Å²) in [4.78, 5) is 33.1. The first kappa shape index (κ1) is 19.1. The van der Waals surface area contributed by atoms with E-state index >= 15 is 0 Å². The number of esters is 1. The number of carbonyl (C=O) groups is 2. The van der Waals surface area contributed by atoms with E-state index in [9.17, 15) is 9.59 Å². The van der Waals surface area contributed by atoms with Crippen LogP contribution in [0.3, 0.4) is 0 Å². The Hall–Kier alpha value is -4.26. The van der Waals surface area contributed by atoms with Gasteiger partial charge in [-0.1, -0.05) is 30.3 Å². The number of rotatable bonds is 5. The second-order valence-corrected chi connectivity index (χ2v) is 6.43. The first-order chi connectivity index (χ1) is 14.7. The molecule has 7 nitrogen and oxygen atoms in total. The third-order valence-electron chi connectivity index (χ3n) is 4.49. The van der Waals surface area contributed by atoms with Gasteiger partial charge >= 0.3 is 5.97 Å². The molecule has 7 heteroatoms. The molecule has 0 saturated carbocycles. The maximum atomic E-state index is 12.6. The SMILES string of the molecule is COC(=O)c1ccccc1NC(=O)c1ccc(Nc2cccc3cccnc23)cn1. The van der Waals surface area contributed by atoms with Crippen molar-refractivity contribution in [2.45, 2.75) is 0 Å². The number of amides is 1. The largest absolute Gasteiger partial charge is 0.465 e. The van der Waals surface area contributed by atoms with Crippen molar-refractivity contribution in [2.75, 3.05) is 17.7 Å². The summed E-state index contributed by atoms with van der Waals surface area (Å²) in [6.07, 6.45) is 3.31. The van der Waals surface area contributed by atoms with Gasteiger partial charge in [-0.3, -0.25) is 9.78 Å². The van der Waals surface area contributed by atoms with E-state index in [1.807, 2.05) is 30.3 Å². The van der Waals surface area contributed by atoms with Gasteiger partial charge in [0.15, 0.2) is 0 Å². The van der Waals surface area contributed by atoms with Gasteiger partial charge in [-0.2, -0.15) is 0 Å². The highest BCUT2D eigenvalue weighted by Crippen LogP contribution is 2.24. The molecule has 0 aliphatic rings. The standard InChI is InChI=1S/C23H18N4O3/c1-30-23(29)17-8-2-3-9-18(17)27-22(28)20-12-11-16(14-25-20)26-19-10-4-6-15-7-5-13-24-21(15)19/h2-14,26H,1H3,(H,27,28). The number of aromatic nitrogens is 2. The van der Waals surface area contributed by atoms with Crippen molar-refractivity contribution in [1.29, 1.82) is 0 Å². The lowest BCUT2D eigenvalue weighted by atomic mass is 10.1. The number of hydrogen-bond acceptors (Lipinski definition) is 6. The molecule has 148 valence electrons. The topological polar surface area (TPSA) is 93.2 Å². The summed E-state index contributed by atoms with van der Waals surface area (Å²) < 4.78 is 4.75. The molecule has 0 saturated heterocycles. The van der Waals surface area contributed by atoms with E-state index in [-0.39, 0.29) is 11.3 Å². The fraction of sp³-hybridized carbons (Fsp3) is 0.0435. The molecular formula is C23H18N4O3. The number of methoxy groups -OCH3 is 1. The maximum absolute atomic E-state index is 12.6. The van der Waals surface area contributed by atoms with Crippen molar-refractivity contribution in [3.63, 3.8) is 0 Å². The zero-order chi connectivity index (χ0) is 20.9. The van der Waals surface area contributed by atoms with Crippen molar-refractivity contribution < 1.29 is 14.3 Å². The average Bonchev–Trinajstić information content (AvgIpc) is 2.79. The number of hydrogen-bond donors (Lipinski definition) is 2. The first-order valence-corrected chi connectivity index (χ1v) is 9.21. The highest BCUT2D eigenvalue weighted by molar-refractivity contribution is 6.07. The minimum Gasteiger partial charge on any atom is -0.465 e. The lowest BCUT2D eigenvalue weighted by Crippen LogP contribution is -2.16. The molecule has 2 heterocycles. The number of ether oxygens (including phenoxy) is 1. The van der Waals surface area contributed by atoms with Crippen molar-refractivity contribution in [2.24, 2.45) is 0 Å². The Labute approximate surface area is 172 Å². The number of nitrogens with zero attached hydrogens (tertiary/aromatic N) is 2. The lowest BCUT2D eigenvalue weighted by Gasteiger charge is -2.11. The molecule has 4 rings (SSSR count). The van der Waals surface area contributed by atoms with Crippen LogP contribution in [0.25, 0.3) is 10.9 Å². The second-order valence-electron chi connectivity index (χ2n) is 6.43. The van der Waals surface area contributed by atoms with Gasteiger partial charge in [-0.05, 0) is 36.4 Å². The van der Waals surface area contributed by atoms with Gasteiger partial charge in [-0.25, -0.2) is 9.78 Å². The summed E-state index contributed by atoms with van der Waals surface area (Å²) in [5, 5.41) is 7.00. The van der Waals surface area contributed by atoms with Crippen LogP contribution < -0.4 is 10.6 Å². The van der Waals surface area contributed by atoms with Gasteiger partial charge < -0.3 is 15.4 Å². The molecule has 0 aliphatic carbocycles. The molecule has 30 heavy (non-hydrogen) atoms. The highest BCUT2D eigenvalue weighted by atomic mass is 16.5. The van der Waals surface area contributed by atoms with Gasteiger partial charge in [0, 0.05) is 11.6 Å². The van der Waals surface area contributed by atoms with Crippen LogP contribution in [0.5, 0.6) is 0 Å². The number of benzene rings is 2. The second kappa shape index (κ2) is 8.40. The number of carbonyl (C=O) groups excluding carboxylic acids is 2. The van der Waals surface area contributed by atoms with Crippen molar-refractivity contribution in [3.8, 4) is 0 Å². The van der Waals surface area contributed by atoms with Gasteiger partial charge in [0.05, 0.1) is 41.4 Å². The molecule has 0 unspecified atom stereocenters. The Kier molecular flexibility index (Phi) is 5.34. The monoisotopic (exact) mass is 398 g/mol. The van der Waals surface area contributed by atoms with Crippen LogP contribution in [-0.4, -0.2) is 29.0 Å². The summed E-state index contributed by atoms with van der Waals surface area (Å²) >= 11 is 0. The summed E-state index contributed by atoms with van der Waals surface area (Å²) in [6.45, 7) is 0. The molecule has 2 aromatic heterocycles. The number of para-hydroxylation sites is 2.